The van der Waals surface area contributed by atoms with Gasteiger partial charge in [0, 0.05) is 17.0 Å². The number of esters is 1. The number of hydrogen-bond donors (Lipinski definition) is 1. The zero-order chi connectivity index (χ0) is 20.1. The van der Waals surface area contributed by atoms with E-state index < -0.39 is 5.60 Å². The van der Waals surface area contributed by atoms with Gasteiger partial charge in [0.25, 0.3) is 0 Å². The molecule has 6 nitrogen and oxygen atoms in total. The van der Waals surface area contributed by atoms with Gasteiger partial charge in [-0.15, -0.1) is 0 Å². The van der Waals surface area contributed by atoms with E-state index in [2.05, 4.69) is 9.97 Å². The zero-order valence-corrected chi connectivity index (χ0v) is 16.3. The summed E-state index contributed by atoms with van der Waals surface area (Å²) in [5.74, 6) is 0.996. The van der Waals surface area contributed by atoms with E-state index in [4.69, 9.17) is 14.7 Å². The van der Waals surface area contributed by atoms with E-state index in [1.165, 1.54) is 0 Å². The van der Waals surface area contributed by atoms with Gasteiger partial charge >= 0.3 is 5.97 Å². The highest BCUT2D eigenvalue weighted by Crippen LogP contribution is 2.49. The third-order valence-corrected chi connectivity index (χ3v) is 6.40. The van der Waals surface area contributed by atoms with Crippen molar-refractivity contribution < 1.29 is 9.53 Å². The first-order chi connectivity index (χ1) is 14.7. The van der Waals surface area contributed by atoms with E-state index in [1.54, 1.807) is 6.20 Å². The molecule has 0 saturated heterocycles. The number of rotatable bonds is 2. The Hall–Kier alpha value is -3.54. The number of nitrogens with one attached hydrogen (secondary N) is 1. The van der Waals surface area contributed by atoms with Crippen LogP contribution in [-0.4, -0.2) is 25.9 Å². The third-order valence-electron chi connectivity index (χ3n) is 6.40. The van der Waals surface area contributed by atoms with E-state index in [1.807, 2.05) is 54.6 Å². The van der Waals surface area contributed by atoms with E-state index >= 15 is 0 Å². The van der Waals surface area contributed by atoms with Gasteiger partial charge in [-0.05, 0) is 31.7 Å². The van der Waals surface area contributed by atoms with Gasteiger partial charge in [0.05, 0.1) is 17.5 Å². The van der Waals surface area contributed by atoms with Gasteiger partial charge in [-0.1, -0.05) is 48.5 Å². The van der Waals surface area contributed by atoms with Gasteiger partial charge in [0.1, 0.15) is 11.4 Å². The van der Waals surface area contributed by atoms with Gasteiger partial charge in [-0.2, -0.15) is 0 Å². The van der Waals surface area contributed by atoms with Gasteiger partial charge in [0.15, 0.2) is 11.3 Å². The fourth-order valence-corrected chi connectivity index (χ4v) is 4.83. The Kier molecular flexibility index (Phi) is 3.75. The number of carbonyl (C=O) groups is 1. The quantitative estimate of drug-likeness (QED) is 0.495. The van der Waals surface area contributed by atoms with Crippen LogP contribution in [0.25, 0.3) is 22.6 Å². The molecule has 0 atom stereocenters. The molecule has 30 heavy (non-hydrogen) atoms. The van der Waals surface area contributed by atoms with Crippen LogP contribution >= 0.6 is 0 Å². The molecule has 0 radical (unpaired) electrons. The van der Waals surface area contributed by atoms with Crippen LogP contribution in [0, 0.1) is 0 Å². The Bertz CT molecular complexity index is 1260. The predicted molar refractivity (Wildman–Crippen MR) is 112 cm³/mol. The summed E-state index contributed by atoms with van der Waals surface area (Å²) in [5.41, 5.74) is 4.48. The molecular weight excluding hydrogens is 376 g/mol. The Morgan fingerprint density at radius 1 is 0.967 bits per heavy atom. The molecule has 4 aromatic rings. The molecule has 2 aromatic heterocycles. The SMILES string of the molecule is O=C1OC2(CCC(c3nc4ncc(-c5ccccc5)nc4[nH]3)CC2)c2ccccc21. The summed E-state index contributed by atoms with van der Waals surface area (Å²) in [4.78, 5) is 29.6. The van der Waals surface area contributed by atoms with Crippen LogP contribution in [0.3, 0.4) is 0 Å². The Morgan fingerprint density at radius 2 is 1.73 bits per heavy atom. The molecule has 1 N–H and O–H groups in total. The Labute approximate surface area is 173 Å². The fraction of sp³-hybridized carbons (Fsp3) is 0.250. The molecule has 1 aliphatic carbocycles. The molecule has 0 unspecified atom stereocenters. The Morgan fingerprint density at radius 3 is 2.57 bits per heavy atom. The van der Waals surface area contributed by atoms with Gasteiger partial charge < -0.3 is 9.72 Å². The minimum atomic E-state index is -0.479. The van der Waals surface area contributed by atoms with Crippen molar-refractivity contribution in [3.8, 4) is 11.3 Å². The van der Waals surface area contributed by atoms with E-state index in [9.17, 15) is 4.79 Å². The molecular formula is C24H20N4O2. The highest BCUT2D eigenvalue weighted by atomic mass is 16.6. The number of benzene rings is 2. The Balaban J connectivity index is 1.26. The maximum absolute atomic E-state index is 12.3. The molecule has 2 aliphatic rings. The average Bonchev–Trinajstić information content (AvgIpc) is 3.34. The summed E-state index contributed by atoms with van der Waals surface area (Å²) in [7, 11) is 0. The summed E-state index contributed by atoms with van der Waals surface area (Å²) < 4.78 is 5.87. The topological polar surface area (TPSA) is 80.8 Å². The second-order valence-electron chi connectivity index (χ2n) is 8.12. The fourth-order valence-electron chi connectivity index (χ4n) is 4.83. The molecule has 1 spiro atoms. The summed E-state index contributed by atoms with van der Waals surface area (Å²) in [5, 5.41) is 0. The lowest BCUT2D eigenvalue weighted by atomic mass is 9.75. The second kappa shape index (κ2) is 6.49. The van der Waals surface area contributed by atoms with Crippen LogP contribution in [0.15, 0.2) is 60.8 Å². The first-order valence-electron chi connectivity index (χ1n) is 10.3. The molecule has 1 saturated carbocycles. The predicted octanol–water partition coefficient (Wildman–Crippen LogP) is 4.74. The lowest BCUT2D eigenvalue weighted by molar-refractivity contribution is -0.0312. The third kappa shape index (κ3) is 2.64. The zero-order valence-electron chi connectivity index (χ0n) is 16.3. The maximum Gasteiger partial charge on any atom is 0.339 e. The molecule has 6 rings (SSSR count). The highest BCUT2D eigenvalue weighted by molar-refractivity contribution is 5.94. The van der Waals surface area contributed by atoms with Crippen LogP contribution < -0.4 is 0 Å². The van der Waals surface area contributed by atoms with Crippen LogP contribution in [0.2, 0.25) is 0 Å². The molecule has 1 aliphatic heterocycles. The second-order valence-corrected chi connectivity index (χ2v) is 8.12. The number of fused-ring (bicyclic) bond motifs is 3. The summed E-state index contributed by atoms with van der Waals surface area (Å²) in [6.07, 6.45) is 5.16. The van der Waals surface area contributed by atoms with Crippen LogP contribution in [0.5, 0.6) is 0 Å². The first-order valence-corrected chi connectivity index (χ1v) is 10.3. The minimum absolute atomic E-state index is 0.199. The van der Waals surface area contributed by atoms with Crippen molar-refractivity contribution in [1.29, 1.82) is 0 Å². The molecule has 3 heterocycles. The van der Waals surface area contributed by atoms with Crippen molar-refractivity contribution >= 4 is 17.3 Å². The van der Waals surface area contributed by atoms with Crippen LogP contribution in [0.4, 0.5) is 0 Å². The largest absolute Gasteiger partial charge is 0.451 e. The average molecular weight is 396 g/mol. The number of aromatic nitrogens is 4. The summed E-state index contributed by atoms with van der Waals surface area (Å²) in [6, 6.07) is 17.8. The standard InChI is InChI=1S/C24H20N4O2/c29-23-17-8-4-5-9-18(17)24(30-23)12-10-16(11-13-24)20-27-21-22(28-20)26-19(14-25-21)15-6-2-1-3-7-15/h1-9,14,16H,10-13H2,(H,25,26,27,28). The summed E-state index contributed by atoms with van der Waals surface area (Å²) >= 11 is 0. The number of carbonyl (C=O) groups excluding carboxylic acids is 1. The molecule has 6 heteroatoms. The van der Waals surface area contributed by atoms with Crippen molar-refractivity contribution in [3.63, 3.8) is 0 Å². The molecule has 148 valence electrons. The molecule has 1 fully saturated rings. The van der Waals surface area contributed by atoms with Crippen molar-refractivity contribution in [3.05, 3.63) is 77.7 Å². The minimum Gasteiger partial charge on any atom is -0.451 e. The van der Waals surface area contributed by atoms with E-state index in [0.717, 1.165) is 48.3 Å². The van der Waals surface area contributed by atoms with Crippen molar-refractivity contribution in [2.24, 2.45) is 0 Å². The number of imidazole rings is 1. The number of nitrogens with zero attached hydrogens (tertiary/aromatic N) is 3. The molecule has 2 aromatic carbocycles. The first kappa shape index (κ1) is 17.3. The van der Waals surface area contributed by atoms with E-state index in [-0.39, 0.29) is 11.9 Å². The van der Waals surface area contributed by atoms with E-state index in [0.29, 0.717) is 16.9 Å². The van der Waals surface area contributed by atoms with Gasteiger partial charge in [-0.3, -0.25) is 0 Å². The normalized spacial score (nSPS) is 22.9. The number of ether oxygens (including phenoxy) is 1. The number of hydrogen-bond acceptors (Lipinski definition) is 5. The lowest BCUT2D eigenvalue weighted by Crippen LogP contribution is -2.31. The number of H-pyrrole nitrogens is 1. The van der Waals surface area contributed by atoms with Crippen molar-refractivity contribution in [2.45, 2.75) is 37.2 Å². The lowest BCUT2D eigenvalue weighted by Gasteiger charge is -2.35. The smallest absolute Gasteiger partial charge is 0.339 e. The molecule has 0 bridgehead atoms. The summed E-state index contributed by atoms with van der Waals surface area (Å²) in [6.45, 7) is 0. The van der Waals surface area contributed by atoms with Crippen LogP contribution in [0.1, 0.15) is 53.3 Å². The molecule has 0 amide bonds. The maximum atomic E-state index is 12.3. The van der Waals surface area contributed by atoms with Crippen LogP contribution in [-0.2, 0) is 10.3 Å². The van der Waals surface area contributed by atoms with Crippen molar-refractivity contribution in [2.75, 3.05) is 0 Å². The monoisotopic (exact) mass is 396 g/mol. The number of aromatic amines is 1. The van der Waals surface area contributed by atoms with Gasteiger partial charge in [0.2, 0.25) is 0 Å². The van der Waals surface area contributed by atoms with Gasteiger partial charge in [-0.25, -0.2) is 19.7 Å². The highest BCUT2D eigenvalue weighted by Gasteiger charge is 2.47. The van der Waals surface area contributed by atoms with Crippen molar-refractivity contribution in [1.82, 2.24) is 19.9 Å².